The van der Waals surface area contributed by atoms with Crippen molar-refractivity contribution < 1.29 is 0 Å². The molecule has 1 N–H and O–H groups in total. The summed E-state index contributed by atoms with van der Waals surface area (Å²) in [6, 6.07) is 12.8. The Kier molecular flexibility index (Phi) is 4.91. The SMILES string of the molecule is CCN1CCN(c2ccc(NCc3cccnc3)cc2)CC1. The molecule has 1 aromatic carbocycles. The number of piperazine rings is 1. The first-order valence-corrected chi connectivity index (χ1v) is 8.05. The second-order valence-corrected chi connectivity index (χ2v) is 5.68. The Hall–Kier alpha value is -2.07. The van der Waals surface area contributed by atoms with E-state index >= 15 is 0 Å². The minimum absolute atomic E-state index is 0.808. The van der Waals surface area contributed by atoms with Gasteiger partial charge in [0.1, 0.15) is 0 Å². The molecule has 0 saturated carbocycles. The summed E-state index contributed by atoms with van der Waals surface area (Å²) >= 11 is 0. The van der Waals surface area contributed by atoms with Crippen LogP contribution in [-0.2, 0) is 6.54 Å². The maximum absolute atomic E-state index is 4.13. The summed E-state index contributed by atoms with van der Waals surface area (Å²) in [6.45, 7) is 8.77. The van der Waals surface area contributed by atoms with E-state index in [-0.39, 0.29) is 0 Å². The fourth-order valence-electron chi connectivity index (χ4n) is 2.82. The predicted octanol–water partition coefficient (Wildman–Crippen LogP) is 2.84. The fraction of sp³-hybridized carbons (Fsp3) is 0.389. The van der Waals surface area contributed by atoms with Gasteiger partial charge in [-0.15, -0.1) is 0 Å². The maximum atomic E-state index is 4.13. The molecule has 4 heteroatoms. The average Bonchev–Trinajstić information content (AvgIpc) is 2.61. The van der Waals surface area contributed by atoms with Crippen molar-refractivity contribution in [3.63, 3.8) is 0 Å². The van der Waals surface area contributed by atoms with Crippen LogP contribution in [0.15, 0.2) is 48.8 Å². The quantitative estimate of drug-likeness (QED) is 0.919. The topological polar surface area (TPSA) is 31.4 Å². The van der Waals surface area contributed by atoms with Gasteiger partial charge in [-0.3, -0.25) is 4.98 Å². The maximum Gasteiger partial charge on any atom is 0.0416 e. The normalized spacial score (nSPS) is 15.8. The van der Waals surface area contributed by atoms with Crippen molar-refractivity contribution in [2.24, 2.45) is 0 Å². The van der Waals surface area contributed by atoms with E-state index in [2.05, 4.69) is 57.4 Å². The molecule has 0 aliphatic carbocycles. The summed E-state index contributed by atoms with van der Waals surface area (Å²) in [5.41, 5.74) is 3.67. The largest absolute Gasteiger partial charge is 0.381 e. The zero-order valence-corrected chi connectivity index (χ0v) is 13.2. The van der Waals surface area contributed by atoms with Gasteiger partial charge in [-0.05, 0) is 42.4 Å². The van der Waals surface area contributed by atoms with Crippen molar-refractivity contribution in [1.29, 1.82) is 0 Å². The number of nitrogens with one attached hydrogen (secondary N) is 1. The first-order chi connectivity index (χ1) is 10.8. The van der Waals surface area contributed by atoms with Crippen molar-refractivity contribution in [3.8, 4) is 0 Å². The van der Waals surface area contributed by atoms with Crippen molar-refractivity contribution in [1.82, 2.24) is 9.88 Å². The molecule has 1 fully saturated rings. The van der Waals surface area contributed by atoms with Gasteiger partial charge >= 0.3 is 0 Å². The standard InChI is InChI=1S/C18H24N4/c1-2-21-10-12-22(13-11-21)18-7-5-17(6-8-18)20-15-16-4-3-9-19-14-16/h3-9,14,20H,2,10-13,15H2,1H3. The van der Waals surface area contributed by atoms with Crippen LogP contribution in [0.4, 0.5) is 11.4 Å². The number of aromatic nitrogens is 1. The lowest BCUT2D eigenvalue weighted by molar-refractivity contribution is 0.271. The summed E-state index contributed by atoms with van der Waals surface area (Å²) in [6.07, 6.45) is 3.70. The summed E-state index contributed by atoms with van der Waals surface area (Å²) < 4.78 is 0. The van der Waals surface area contributed by atoms with Gasteiger partial charge in [0, 0.05) is 56.5 Å². The molecule has 0 atom stereocenters. The Bertz CT molecular complexity index is 559. The lowest BCUT2D eigenvalue weighted by atomic mass is 10.2. The Balaban J connectivity index is 1.54. The second kappa shape index (κ2) is 7.27. The van der Waals surface area contributed by atoms with Crippen LogP contribution in [0.3, 0.4) is 0 Å². The van der Waals surface area contributed by atoms with E-state index in [1.807, 2.05) is 12.3 Å². The molecule has 0 radical (unpaired) electrons. The van der Waals surface area contributed by atoms with Crippen molar-refractivity contribution >= 4 is 11.4 Å². The van der Waals surface area contributed by atoms with Crippen LogP contribution in [0.1, 0.15) is 12.5 Å². The second-order valence-electron chi connectivity index (χ2n) is 5.68. The van der Waals surface area contributed by atoms with E-state index in [9.17, 15) is 0 Å². The zero-order chi connectivity index (χ0) is 15.2. The molecule has 0 bridgehead atoms. The number of hydrogen-bond donors (Lipinski definition) is 1. The molecule has 3 rings (SSSR count). The highest BCUT2D eigenvalue weighted by Crippen LogP contribution is 2.19. The molecule has 0 unspecified atom stereocenters. The average molecular weight is 296 g/mol. The summed E-state index contributed by atoms with van der Waals surface area (Å²) in [7, 11) is 0. The first-order valence-electron chi connectivity index (χ1n) is 8.05. The zero-order valence-electron chi connectivity index (χ0n) is 13.2. The minimum Gasteiger partial charge on any atom is -0.381 e. The van der Waals surface area contributed by atoms with Crippen LogP contribution in [0, 0.1) is 0 Å². The van der Waals surface area contributed by atoms with E-state index in [1.165, 1.54) is 11.3 Å². The third-order valence-electron chi connectivity index (χ3n) is 4.27. The van der Waals surface area contributed by atoms with Crippen molar-refractivity contribution in [2.75, 3.05) is 42.9 Å². The molecule has 1 aromatic heterocycles. The monoisotopic (exact) mass is 296 g/mol. The highest BCUT2D eigenvalue weighted by Gasteiger charge is 2.15. The molecule has 2 aromatic rings. The third-order valence-corrected chi connectivity index (χ3v) is 4.27. The highest BCUT2D eigenvalue weighted by molar-refractivity contribution is 5.55. The molecule has 116 valence electrons. The van der Waals surface area contributed by atoms with Crippen LogP contribution in [-0.4, -0.2) is 42.6 Å². The number of benzene rings is 1. The van der Waals surface area contributed by atoms with E-state index in [1.54, 1.807) is 6.20 Å². The molecular weight excluding hydrogens is 272 g/mol. The van der Waals surface area contributed by atoms with Crippen LogP contribution >= 0.6 is 0 Å². The number of anilines is 2. The van der Waals surface area contributed by atoms with Gasteiger partial charge in [0.05, 0.1) is 0 Å². The third kappa shape index (κ3) is 3.77. The van der Waals surface area contributed by atoms with Gasteiger partial charge in [-0.2, -0.15) is 0 Å². The number of nitrogens with zero attached hydrogens (tertiary/aromatic N) is 3. The van der Waals surface area contributed by atoms with Gasteiger partial charge in [0.15, 0.2) is 0 Å². The van der Waals surface area contributed by atoms with Gasteiger partial charge in [-0.1, -0.05) is 13.0 Å². The summed E-state index contributed by atoms with van der Waals surface area (Å²) in [5.74, 6) is 0. The predicted molar refractivity (Wildman–Crippen MR) is 92.3 cm³/mol. The Morgan fingerprint density at radius 2 is 1.82 bits per heavy atom. The highest BCUT2D eigenvalue weighted by atomic mass is 15.3. The Morgan fingerprint density at radius 1 is 1.05 bits per heavy atom. The molecule has 2 heterocycles. The fourth-order valence-corrected chi connectivity index (χ4v) is 2.82. The van der Waals surface area contributed by atoms with Crippen LogP contribution in [0.5, 0.6) is 0 Å². The number of likely N-dealkylation sites (N-methyl/N-ethyl adjacent to an activating group) is 1. The molecular formula is C18H24N4. The van der Waals surface area contributed by atoms with Gasteiger partial charge in [0.2, 0.25) is 0 Å². The molecule has 1 saturated heterocycles. The van der Waals surface area contributed by atoms with Crippen LogP contribution in [0.25, 0.3) is 0 Å². The Labute approximate surface area is 132 Å². The number of pyridine rings is 1. The van der Waals surface area contributed by atoms with Gasteiger partial charge < -0.3 is 15.1 Å². The number of rotatable bonds is 5. The molecule has 1 aliphatic heterocycles. The minimum atomic E-state index is 0.808. The summed E-state index contributed by atoms with van der Waals surface area (Å²) in [5, 5.41) is 3.44. The van der Waals surface area contributed by atoms with E-state index < -0.39 is 0 Å². The molecule has 0 amide bonds. The molecule has 4 nitrogen and oxygen atoms in total. The van der Waals surface area contributed by atoms with Gasteiger partial charge in [0.25, 0.3) is 0 Å². The van der Waals surface area contributed by atoms with Gasteiger partial charge in [-0.25, -0.2) is 0 Å². The molecule has 22 heavy (non-hydrogen) atoms. The van der Waals surface area contributed by atoms with E-state index in [4.69, 9.17) is 0 Å². The van der Waals surface area contributed by atoms with Crippen LogP contribution < -0.4 is 10.2 Å². The molecule has 1 aliphatic rings. The smallest absolute Gasteiger partial charge is 0.0416 e. The number of hydrogen-bond acceptors (Lipinski definition) is 4. The van der Waals surface area contributed by atoms with Crippen molar-refractivity contribution in [3.05, 3.63) is 54.4 Å². The van der Waals surface area contributed by atoms with Crippen LogP contribution in [0.2, 0.25) is 0 Å². The molecule has 0 spiro atoms. The Morgan fingerprint density at radius 3 is 2.45 bits per heavy atom. The lowest BCUT2D eigenvalue weighted by Gasteiger charge is -2.35. The lowest BCUT2D eigenvalue weighted by Crippen LogP contribution is -2.46. The van der Waals surface area contributed by atoms with E-state index in [0.717, 1.165) is 45.0 Å². The van der Waals surface area contributed by atoms with Crippen molar-refractivity contribution in [2.45, 2.75) is 13.5 Å². The summed E-state index contributed by atoms with van der Waals surface area (Å²) in [4.78, 5) is 9.10. The van der Waals surface area contributed by atoms with E-state index in [0.29, 0.717) is 0 Å². The first kappa shape index (κ1) is 14.9.